The van der Waals surface area contributed by atoms with Crippen LogP contribution in [-0.2, 0) is 9.53 Å². The number of rotatable bonds is 16. The Labute approximate surface area is 147 Å². The SMILES string of the molecule is C.C.CCCCCCCCCCCCCCCCCC(=O)OC. The molecule has 0 unspecified atom stereocenters. The van der Waals surface area contributed by atoms with Crippen molar-refractivity contribution in [2.24, 2.45) is 0 Å². The summed E-state index contributed by atoms with van der Waals surface area (Å²) in [7, 11) is 1.47. The Hall–Kier alpha value is -0.530. The summed E-state index contributed by atoms with van der Waals surface area (Å²) in [5.41, 5.74) is 0. The van der Waals surface area contributed by atoms with Gasteiger partial charge in [-0.2, -0.15) is 0 Å². The van der Waals surface area contributed by atoms with Crippen molar-refractivity contribution in [2.45, 2.75) is 125 Å². The molecule has 0 aliphatic rings. The molecular formula is C21H46O2. The van der Waals surface area contributed by atoms with E-state index in [1.807, 2.05) is 0 Å². The zero-order chi connectivity index (χ0) is 15.6. The van der Waals surface area contributed by atoms with Crippen LogP contribution in [0.25, 0.3) is 0 Å². The second-order valence-electron chi connectivity index (χ2n) is 6.28. The van der Waals surface area contributed by atoms with Crippen molar-refractivity contribution in [1.82, 2.24) is 0 Å². The van der Waals surface area contributed by atoms with Crippen LogP contribution < -0.4 is 0 Å². The number of carbonyl (C=O) groups is 1. The number of ether oxygens (including phenoxy) is 1. The minimum absolute atomic E-state index is 0. The fourth-order valence-electron chi connectivity index (χ4n) is 2.74. The zero-order valence-electron chi connectivity index (χ0n) is 14.6. The number of unbranched alkanes of at least 4 members (excludes halogenated alkanes) is 14. The van der Waals surface area contributed by atoms with Gasteiger partial charge in [0.25, 0.3) is 0 Å². The molecule has 23 heavy (non-hydrogen) atoms. The van der Waals surface area contributed by atoms with Crippen molar-refractivity contribution in [2.75, 3.05) is 7.11 Å². The van der Waals surface area contributed by atoms with Gasteiger partial charge >= 0.3 is 5.97 Å². The summed E-state index contributed by atoms with van der Waals surface area (Å²) in [6.07, 6.45) is 20.9. The average molecular weight is 331 g/mol. The molecule has 0 amide bonds. The Kier molecular flexibility index (Phi) is 28.2. The third kappa shape index (κ3) is 23.9. The first kappa shape index (κ1) is 27.3. The van der Waals surface area contributed by atoms with E-state index >= 15 is 0 Å². The topological polar surface area (TPSA) is 26.3 Å². The third-order valence-corrected chi connectivity index (χ3v) is 4.21. The van der Waals surface area contributed by atoms with E-state index in [4.69, 9.17) is 0 Å². The first-order valence-electron chi connectivity index (χ1n) is 9.38. The second-order valence-corrected chi connectivity index (χ2v) is 6.28. The molecular weight excluding hydrogens is 284 g/mol. The molecule has 0 aliphatic heterocycles. The van der Waals surface area contributed by atoms with E-state index in [1.54, 1.807) is 0 Å². The third-order valence-electron chi connectivity index (χ3n) is 4.21. The van der Waals surface area contributed by atoms with E-state index in [-0.39, 0.29) is 20.8 Å². The van der Waals surface area contributed by atoms with Gasteiger partial charge in [-0.1, -0.05) is 112 Å². The second kappa shape index (κ2) is 23.7. The maximum Gasteiger partial charge on any atom is 0.305 e. The number of methoxy groups -OCH3 is 1. The van der Waals surface area contributed by atoms with Crippen LogP contribution in [0.5, 0.6) is 0 Å². The Balaban J connectivity index is -0.00000200. The van der Waals surface area contributed by atoms with E-state index < -0.39 is 0 Å². The highest BCUT2D eigenvalue weighted by Gasteiger charge is 1.99. The molecule has 0 rings (SSSR count). The van der Waals surface area contributed by atoms with Gasteiger partial charge in [0.15, 0.2) is 0 Å². The summed E-state index contributed by atoms with van der Waals surface area (Å²) in [6, 6.07) is 0. The van der Waals surface area contributed by atoms with Crippen LogP contribution in [0.1, 0.15) is 125 Å². The van der Waals surface area contributed by atoms with Crippen LogP contribution in [0.15, 0.2) is 0 Å². The molecule has 0 spiro atoms. The molecule has 2 nitrogen and oxygen atoms in total. The number of hydrogen-bond donors (Lipinski definition) is 0. The molecule has 0 aromatic carbocycles. The van der Waals surface area contributed by atoms with Gasteiger partial charge in [0.1, 0.15) is 0 Å². The Bertz CT molecular complexity index is 214. The fraction of sp³-hybridized carbons (Fsp3) is 0.952. The molecule has 0 aliphatic carbocycles. The van der Waals surface area contributed by atoms with Crippen molar-refractivity contribution >= 4 is 5.97 Å². The highest BCUT2D eigenvalue weighted by Crippen LogP contribution is 2.13. The summed E-state index contributed by atoms with van der Waals surface area (Å²) >= 11 is 0. The maximum absolute atomic E-state index is 10.9. The molecule has 0 heterocycles. The number of hydrogen-bond acceptors (Lipinski definition) is 2. The normalized spacial score (nSPS) is 9.83. The van der Waals surface area contributed by atoms with Crippen molar-refractivity contribution < 1.29 is 9.53 Å². The van der Waals surface area contributed by atoms with Crippen molar-refractivity contribution in [3.63, 3.8) is 0 Å². The van der Waals surface area contributed by atoms with Gasteiger partial charge in [-0.15, -0.1) is 0 Å². The summed E-state index contributed by atoms with van der Waals surface area (Å²) in [5.74, 6) is -0.0651. The minimum atomic E-state index is -0.0651. The van der Waals surface area contributed by atoms with Gasteiger partial charge in [-0.05, 0) is 6.42 Å². The molecule has 142 valence electrons. The van der Waals surface area contributed by atoms with E-state index in [9.17, 15) is 4.79 Å². The van der Waals surface area contributed by atoms with E-state index in [0.29, 0.717) is 6.42 Å². The van der Waals surface area contributed by atoms with Gasteiger partial charge < -0.3 is 4.74 Å². The quantitative estimate of drug-likeness (QED) is 0.214. The standard InChI is InChI=1S/C19H38O2.2CH4/c1-3-4-5-6-7-8-9-10-11-12-13-14-15-16-17-18-19(20)21-2;;/h3-18H2,1-2H3;2*1H4. The first-order valence-corrected chi connectivity index (χ1v) is 9.38. The van der Waals surface area contributed by atoms with Crippen LogP contribution in [0.4, 0.5) is 0 Å². The Morgan fingerprint density at radius 1 is 0.609 bits per heavy atom. The lowest BCUT2D eigenvalue weighted by Gasteiger charge is -2.03. The lowest BCUT2D eigenvalue weighted by Crippen LogP contribution is -1.99. The van der Waals surface area contributed by atoms with Gasteiger partial charge in [-0.3, -0.25) is 4.79 Å². The number of carbonyl (C=O) groups excluding carboxylic acids is 1. The Morgan fingerprint density at radius 3 is 1.22 bits per heavy atom. The van der Waals surface area contributed by atoms with Gasteiger partial charge in [-0.25, -0.2) is 0 Å². The lowest BCUT2D eigenvalue weighted by molar-refractivity contribution is -0.140. The molecule has 0 saturated heterocycles. The van der Waals surface area contributed by atoms with E-state index in [0.717, 1.165) is 6.42 Å². The van der Waals surface area contributed by atoms with Crippen LogP contribution in [0, 0.1) is 0 Å². The average Bonchev–Trinajstić information content (AvgIpc) is 2.50. The summed E-state index contributed by atoms with van der Waals surface area (Å²) < 4.78 is 4.63. The summed E-state index contributed by atoms with van der Waals surface area (Å²) in [6.45, 7) is 2.28. The highest BCUT2D eigenvalue weighted by molar-refractivity contribution is 5.68. The summed E-state index contributed by atoms with van der Waals surface area (Å²) in [4.78, 5) is 10.9. The predicted molar refractivity (Wildman–Crippen MR) is 105 cm³/mol. The predicted octanol–water partition coefficient (Wildman–Crippen LogP) is 7.69. The summed E-state index contributed by atoms with van der Waals surface area (Å²) in [5, 5.41) is 0. The van der Waals surface area contributed by atoms with Crippen molar-refractivity contribution in [1.29, 1.82) is 0 Å². The number of esters is 1. The van der Waals surface area contributed by atoms with Crippen molar-refractivity contribution in [3.8, 4) is 0 Å². The van der Waals surface area contributed by atoms with Crippen molar-refractivity contribution in [3.05, 3.63) is 0 Å². The zero-order valence-corrected chi connectivity index (χ0v) is 14.6. The van der Waals surface area contributed by atoms with Gasteiger partial charge in [0.05, 0.1) is 7.11 Å². The fourth-order valence-corrected chi connectivity index (χ4v) is 2.74. The van der Waals surface area contributed by atoms with Crippen LogP contribution in [-0.4, -0.2) is 13.1 Å². The van der Waals surface area contributed by atoms with Gasteiger partial charge in [0, 0.05) is 6.42 Å². The van der Waals surface area contributed by atoms with Crippen LogP contribution >= 0.6 is 0 Å². The minimum Gasteiger partial charge on any atom is -0.469 e. The van der Waals surface area contributed by atoms with Crippen LogP contribution in [0.2, 0.25) is 0 Å². The van der Waals surface area contributed by atoms with Crippen LogP contribution in [0.3, 0.4) is 0 Å². The molecule has 0 fully saturated rings. The van der Waals surface area contributed by atoms with E-state index in [1.165, 1.54) is 97.0 Å². The molecule has 0 radical (unpaired) electrons. The first-order chi connectivity index (χ1) is 10.3. The molecule has 0 atom stereocenters. The molecule has 0 aromatic heterocycles. The monoisotopic (exact) mass is 330 g/mol. The highest BCUT2D eigenvalue weighted by atomic mass is 16.5. The molecule has 0 N–H and O–H groups in total. The molecule has 0 bridgehead atoms. The molecule has 0 saturated carbocycles. The van der Waals surface area contributed by atoms with Gasteiger partial charge in [0.2, 0.25) is 0 Å². The smallest absolute Gasteiger partial charge is 0.305 e. The Morgan fingerprint density at radius 2 is 0.913 bits per heavy atom. The maximum atomic E-state index is 10.9. The molecule has 2 heteroatoms. The lowest BCUT2D eigenvalue weighted by atomic mass is 10.0. The molecule has 0 aromatic rings. The van der Waals surface area contributed by atoms with E-state index in [2.05, 4.69) is 11.7 Å². The largest absolute Gasteiger partial charge is 0.469 e.